The average Bonchev–Trinajstić information content (AvgIpc) is 2.87. The van der Waals surface area contributed by atoms with E-state index < -0.39 is 46.2 Å². The van der Waals surface area contributed by atoms with E-state index in [1.807, 2.05) is 0 Å². The van der Waals surface area contributed by atoms with E-state index in [1.54, 1.807) is 13.8 Å². The van der Waals surface area contributed by atoms with Crippen LogP contribution < -0.4 is 4.90 Å². The molecule has 0 unspecified atom stereocenters. The predicted octanol–water partition coefficient (Wildman–Crippen LogP) is 8.40. The van der Waals surface area contributed by atoms with Crippen LogP contribution in [0.5, 0.6) is 0 Å². The molecule has 0 aliphatic heterocycles. The number of aryl methyl sites for hydroxylation is 1. The van der Waals surface area contributed by atoms with Gasteiger partial charge in [0.1, 0.15) is 11.0 Å². The van der Waals surface area contributed by atoms with Crippen molar-refractivity contribution in [2.24, 2.45) is 0 Å². The number of hydrogen-bond acceptors (Lipinski definition) is 4. The topological polar surface area (TPSA) is 59.5 Å². The minimum Gasteiger partial charge on any atom is -0.466 e. The number of anilines is 1. The van der Waals surface area contributed by atoms with Gasteiger partial charge >= 0.3 is 18.3 Å². The summed E-state index contributed by atoms with van der Waals surface area (Å²) in [6.07, 6.45) is -8.87. The number of aromatic nitrogens is 1. The fourth-order valence-electron chi connectivity index (χ4n) is 4.01. The summed E-state index contributed by atoms with van der Waals surface area (Å²) in [6.45, 7) is 7.74. The smallest absolute Gasteiger partial charge is 0.416 e. The van der Waals surface area contributed by atoms with E-state index in [2.05, 4.69) is 9.72 Å². The Hall–Kier alpha value is -3.67. The molecule has 1 aromatic heterocycles. The van der Waals surface area contributed by atoms with Crippen molar-refractivity contribution in [1.82, 2.24) is 4.98 Å². The highest BCUT2D eigenvalue weighted by Gasteiger charge is 2.41. The van der Waals surface area contributed by atoms with Crippen LogP contribution >= 0.6 is 11.6 Å². The second-order valence-electron chi connectivity index (χ2n) is 9.69. The van der Waals surface area contributed by atoms with Crippen molar-refractivity contribution in [3.05, 3.63) is 81.9 Å². The number of esters is 1. The molecule has 1 amide bonds. The molecular weight excluding hydrogens is 593 g/mol. The number of carbonyl (C=O) groups excluding carboxylic acids is 2. The van der Waals surface area contributed by atoms with Gasteiger partial charge in [-0.3, -0.25) is 9.59 Å². The number of likely N-dealkylation sites (N-methyl/N-ethyl adjacent to an activating group) is 1. The first kappa shape index (κ1) is 34.5. The van der Waals surface area contributed by atoms with Gasteiger partial charge < -0.3 is 9.64 Å². The summed E-state index contributed by atoms with van der Waals surface area (Å²) in [5.41, 5.74) is -3.77. The summed E-state index contributed by atoms with van der Waals surface area (Å²) in [5, 5.41) is 0.0604. The third kappa shape index (κ3) is 8.43. The number of amides is 1. The zero-order valence-electron chi connectivity index (χ0n) is 23.5. The molecule has 3 aromatic rings. The van der Waals surface area contributed by atoms with Crippen molar-refractivity contribution in [3.63, 3.8) is 0 Å². The van der Waals surface area contributed by atoms with Gasteiger partial charge in [0.05, 0.1) is 35.0 Å². The van der Waals surface area contributed by atoms with Gasteiger partial charge in [0.15, 0.2) is 0 Å². The van der Waals surface area contributed by atoms with Gasteiger partial charge in [-0.15, -0.1) is 0 Å². The second kappa shape index (κ2) is 13.1. The Labute approximate surface area is 243 Å². The molecule has 228 valence electrons. The largest absolute Gasteiger partial charge is 0.466 e. The van der Waals surface area contributed by atoms with Crippen molar-refractivity contribution < 1.29 is 45.1 Å². The van der Waals surface area contributed by atoms with E-state index >= 15 is 0 Å². The Morgan fingerprint density at radius 3 is 1.86 bits per heavy atom. The third-order valence-corrected chi connectivity index (χ3v) is 6.39. The summed E-state index contributed by atoms with van der Waals surface area (Å²) in [4.78, 5) is 28.4. The van der Waals surface area contributed by atoms with E-state index in [0.717, 1.165) is 4.90 Å². The molecule has 0 bridgehead atoms. The number of carbonyl (C=O) groups is 2. The fourth-order valence-corrected chi connectivity index (χ4v) is 4.16. The summed E-state index contributed by atoms with van der Waals surface area (Å²) >= 11 is 6.04. The highest BCUT2D eigenvalue weighted by Crippen LogP contribution is 2.41. The second-order valence-corrected chi connectivity index (χ2v) is 10.1. The van der Waals surface area contributed by atoms with Gasteiger partial charge in [-0.2, -0.15) is 26.3 Å². The first-order valence-electron chi connectivity index (χ1n) is 12.3. The maximum absolute atomic E-state index is 13.6. The highest BCUT2D eigenvalue weighted by molar-refractivity contribution is 6.29. The molecule has 0 N–H and O–H groups in total. The molecule has 0 fully saturated rings. The SMILES string of the molecule is CCOC(C)=O.Cc1cc(F)ccc1-c1cc(Cl)ncc1N(C)C(=O)C(C)(C)c1cc(C(F)(F)F)cc(C(F)(F)F)c1. The van der Waals surface area contributed by atoms with Crippen molar-refractivity contribution in [2.75, 3.05) is 18.6 Å². The van der Waals surface area contributed by atoms with Gasteiger partial charge in [0.2, 0.25) is 5.91 Å². The summed E-state index contributed by atoms with van der Waals surface area (Å²) in [5.74, 6) is -1.51. The van der Waals surface area contributed by atoms with E-state index in [1.165, 1.54) is 58.3 Å². The Kier molecular flexibility index (Phi) is 10.8. The van der Waals surface area contributed by atoms with Crippen LogP contribution in [0.1, 0.15) is 49.9 Å². The number of hydrogen-bond donors (Lipinski definition) is 0. The van der Waals surface area contributed by atoms with Crippen LogP contribution in [0.25, 0.3) is 11.1 Å². The standard InChI is InChI=1S/C25H20ClF7N2O.C4H8O2/c1-13-7-17(27)5-6-18(13)19-11-21(26)34-12-20(19)35(4)22(36)23(2,3)14-8-15(24(28,29)30)10-16(9-14)25(31,32)33;1-3-6-4(2)5/h5-12H,1-4H3;3H2,1-2H3. The summed E-state index contributed by atoms with van der Waals surface area (Å²) in [6, 6.07) is 6.43. The Morgan fingerprint density at radius 2 is 1.43 bits per heavy atom. The molecule has 0 aliphatic carbocycles. The van der Waals surface area contributed by atoms with Crippen LogP contribution in [0.15, 0.2) is 48.7 Å². The van der Waals surface area contributed by atoms with Crippen LogP contribution in [0.4, 0.5) is 36.4 Å². The zero-order valence-corrected chi connectivity index (χ0v) is 24.2. The maximum atomic E-state index is 13.6. The average molecular weight is 621 g/mol. The fraction of sp³-hybridized carbons (Fsp3) is 0.345. The molecule has 0 saturated heterocycles. The number of halogens is 8. The molecule has 1 heterocycles. The number of ether oxygens (including phenoxy) is 1. The van der Waals surface area contributed by atoms with Gasteiger partial charge in [-0.25, -0.2) is 9.37 Å². The van der Waals surface area contributed by atoms with E-state index in [0.29, 0.717) is 35.4 Å². The number of pyridine rings is 1. The normalized spacial score (nSPS) is 11.9. The van der Waals surface area contributed by atoms with E-state index in [4.69, 9.17) is 11.6 Å². The molecule has 0 atom stereocenters. The maximum Gasteiger partial charge on any atom is 0.416 e. The molecule has 42 heavy (non-hydrogen) atoms. The van der Waals surface area contributed by atoms with Crippen LogP contribution in [0, 0.1) is 12.7 Å². The van der Waals surface area contributed by atoms with Crippen molar-refractivity contribution >= 4 is 29.2 Å². The minimum absolute atomic E-state index is 0.00625. The molecular formula is C29H28ClF7N2O3. The predicted molar refractivity (Wildman–Crippen MR) is 145 cm³/mol. The molecule has 0 aliphatic rings. The lowest BCUT2D eigenvalue weighted by Gasteiger charge is -2.32. The Morgan fingerprint density at radius 1 is 0.905 bits per heavy atom. The number of alkyl halides is 6. The Balaban J connectivity index is 0.000000928. The first-order chi connectivity index (χ1) is 19.2. The van der Waals surface area contributed by atoms with Crippen molar-refractivity contribution in [1.29, 1.82) is 0 Å². The highest BCUT2D eigenvalue weighted by atomic mass is 35.5. The monoisotopic (exact) mass is 620 g/mol. The van der Waals surface area contributed by atoms with Crippen molar-refractivity contribution in [2.45, 2.75) is 52.4 Å². The summed E-state index contributed by atoms with van der Waals surface area (Å²) in [7, 11) is 1.32. The van der Waals surface area contributed by atoms with Gasteiger partial charge in [0, 0.05) is 19.5 Å². The molecule has 13 heteroatoms. The molecule has 0 saturated carbocycles. The number of nitrogens with zero attached hydrogens (tertiary/aromatic N) is 2. The first-order valence-corrected chi connectivity index (χ1v) is 12.7. The quantitative estimate of drug-likeness (QED) is 0.163. The Bertz CT molecular complexity index is 1420. The minimum atomic E-state index is -5.06. The third-order valence-electron chi connectivity index (χ3n) is 6.19. The molecule has 3 rings (SSSR count). The number of rotatable bonds is 5. The lowest BCUT2D eigenvalue weighted by molar-refractivity contribution is -0.143. The summed E-state index contributed by atoms with van der Waals surface area (Å²) < 4.78 is 98.3. The van der Waals surface area contributed by atoms with Crippen LogP contribution in [0.3, 0.4) is 0 Å². The lowest BCUT2D eigenvalue weighted by atomic mass is 9.81. The molecule has 2 aromatic carbocycles. The molecule has 5 nitrogen and oxygen atoms in total. The van der Waals surface area contributed by atoms with Crippen molar-refractivity contribution in [3.8, 4) is 11.1 Å². The molecule has 0 spiro atoms. The number of benzene rings is 2. The lowest BCUT2D eigenvalue weighted by Crippen LogP contribution is -2.42. The molecule has 0 radical (unpaired) electrons. The van der Waals surface area contributed by atoms with Gasteiger partial charge in [-0.1, -0.05) is 17.7 Å². The van der Waals surface area contributed by atoms with Crippen LogP contribution in [0.2, 0.25) is 5.15 Å². The van der Waals surface area contributed by atoms with E-state index in [-0.39, 0.29) is 22.9 Å². The van der Waals surface area contributed by atoms with E-state index in [9.17, 15) is 40.3 Å². The van der Waals surface area contributed by atoms with Crippen LogP contribution in [-0.4, -0.2) is 30.5 Å². The van der Waals surface area contributed by atoms with Crippen LogP contribution in [-0.2, 0) is 32.1 Å². The zero-order chi connectivity index (χ0) is 32.2. The van der Waals surface area contributed by atoms with Gasteiger partial charge in [0.25, 0.3) is 0 Å². The van der Waals surface area contributed by atoms with Gasteiger partial charge in [-0.05, 0) is 80.8 Å².